The first-order chi connectivity index (χ1) is 7.64. The van der Waals surface area contributed by atoms with E-state index in [4.69, 9.17) is 0 Å². The predicted octanol–water partition coefficient (Wildman–Crippen LogP) is 4.10. The van der Waals surface area contributed by atoms with E-state index >= 15 is 0 Å². The molecule has 0 N–H and O–H groups in total. The van der Waals surface area contributed by atoms with Crippen LogP contribution in [0.4, 0.5) is 26.3 Å². The molecule has 0 aromatic heterocycles. The zero-order valence-electron chi connectivity index (χ0n) is 8.50. The van der Waals surface area contributed by atoms with Gasteiger partial charge in [-0.1, -0.05) is 5.92 Å². The van der Waals surface area contributed by atoms with E-state index in [1.165, 1.54) is 6.92 Å². The van der Waals surface area contributed by atoms with Crippen LogP contribution in [0.1, 0.15) is 23.6 Å². The van der Waals surface area contributed by atoms with Gasteiger partial charge >= 0.3 is 12.4 Å². The number of halogens is 6. The lowest BCUT2D eigenvalue weighted by Crippen LogP contribution is -2.11. The summed E-state index contributed by atoms with van der Waals surface area (Å²) in [6, 6.07) is 1.25. The van der Waals surface area contributed by atoms with Gasteiger partial charge in [-0.2, -0.15) is 26.3 Å². The Hall–Kier alpha value is -1.64. The Morgan fingerprint density at radius 1 is 0.824 bits per heavy atom. The smallest absolute Gasteiger partial charge is 0.166 e. The van der Waals surface area contributed by atoms with Crippen molar-refractivity contribution in [2.75, 3.05) is 0 Å². The summed E-state index contributed by atoms with van der Waals surface area (Å²) in [5, 5.41) is 0. The van der Waals surface area contributed by atoms with Gasteiger partial charge in [0.15, 0.2) is 0 Å². The molecule has 1 aromatic rings. The highest BCUT2D eigenvalue weighted by Crippen LogP contribution is 2.36. The molecule has 0 saturated carbocycles. The Kier molecular flexibility index (Phi) is 3.41. The van der Waals surface area contributed by atoms with Gasteiger partial charge in [0.1, 0.15) is 0 Å². The fraction of sp³-hybridized carbons (Fsp3) is 0.273. The van der Waals surface area contributed by atoms with Crippen molar-refractivity contribution in [3.05, 3.63) is 34.9 Å². The third-order valence-electron chi connectivity index (χ3n) is 1.86. The van der Waals surface area contributed by atoms with Gasteiger partial charge < -0.3 is 0 Å². The van der Waals surface area contributed by atoms with Crippen LogP contribution in [0.15, 0.2) is 18.2 Å². The van der Waals surface area contributed by atoms with Gasteiger partial charge in [0.05, 0.1) is 11.1 Å². The molecule has 0 aliphatic carbocycles. The summed E-state index contributed by atoms with van der Waals surface area (Å²) in [5.41, 5.74) is -3.02. The van der Waals surface area contributed by atoms with Gasteiger partial charge in [-0.3, -0.25) is 0 Å². The molecular weight excluding hydrogens is 246 g/mol. The molecule has 0 aliphatic rings. The first-order valence-electron chi connectivity index (χ1n) is 4.37. The molecule has 0 amide bonds. The molecule has 0 nitrogen and oxygen atoms in total. The van der Waals surface area contributed by atoms with E-state index in [0.29, 0.717) is 12.1 Å². The maximum Gasteiger partial charge on any atom is 0.416 e. The van der Waals surface area contributed by atoms with Crippen molar-refractivity contribution in [2.24, 2.45) is 0 Å². The average Bonchev–Trinajstić information content (AvgIpc) is 2.15. The molecule has 1 rings (SSSR count). The van der Waals surface area contributed by atoms with E-state index in [2.05, 4.69) is 11.8 Å². The van der Waals surface area contributed by atoms with Crippen LogP contribution in [0.3, 0.4) is 0 Å². The van der Waals surface area contributed by atoms with E-state index in [-0.39, 0.29) is 11.6 Å². The fourth-order valence-electron chi connectivity index (χ4n) is 1.17. The predicted molar refractivity (Wildman–Crippen MR) is 49.0 cm³/mol. The second-order valence-corrected chi connectivity index (χ2v) is 3.17. The summed E-state index contributed by atoms with van der Waals surface area (Å²) in [6.45, 7) is 1.33. The maximum absolute atomic E-state index is 12.4. The highest BCUT2D eigenvalue weighted by atomic mass is 19.4. The zero-order valence-corrected chi connectivity index (χ0v) is 8.50. The lowest BCUT2D eigenvalue weighted by Gasteiger charge is -2.12. The van der Waals surface area contributed by atoms with Crippen LogP contribution < -0.4 is 0 Å². The Morgan fingerprint density at radius 3 is 1.53 bits per heavy atom. The minimum absolute atomic E-state index is 0.0703. The van der Waals surface area contributed by atoms with E-state index < -0.39 is 23.5 Å². The summed E-state index contributed by atoms with van der Waals surface area (Å²) in [5.74, 6) is 4.44. The maximum atomic E-state index is 12.4. The summed E-state index contributed by atoms with van der Waals surface area (Å²) in [7, 11) is 0. The molecule has 0 bridgehead atoms. The van der Waals surface area contributed by atoms with Crippen molar-refractivity contribution < 1.29 is 26.3 Å². The highest BCUT2D eigenvalue weighted by molar-refractivity contribution is 5.42. The standard InChI is InChI=1S/C11H6F6/c1-2-3-7-4-8(10(12,13)14)6-9(5-7)11(15,16)17/h4-6H,1H3. The first-order valence-corrected chi connectivity index (χ1v) is 4.37. The minimum atomic E-state index is -4.83. The van der Waals surface area contributed by atoms with E-state index in [1.807, 2.05) is 0 Å². The summed E-state index contributed by atoms with van der Waals surface area (Å²) < 4.78 is 74.2. The Morgan fingerprint density at radius 2 is 1.24 bits per heavy atom. The molecule has 6 heteroatoms. The van der Waals surface area contributed by atoms with E-state index in [1.54, 1.807) is 0 Å². The van der Waals surface area contributed by atoms with Gasteiger partial charge in [-0.15, -0.1) is 5.92 Å². The molecule has 0 aliphatic heterocycles. The Bertz CT molecular complexity index is 437. The minimum Gasteiger partial charge on any atom is -0.166 e. The molecular formula is C11H6F6. The molecule has 0 saturated heterocycles. The topological polar surface area (TPSA) is 0 Å². The SMILES string of the molecule is CC#Cc1cc(C(F)(F)F)cc(C(F)(F)F)c1. The number of hydrogen-bond acceptors (Lipinski definition) is 0. The van der Waals surface area contributed by atoms with E-state index in [9.17, 15) is 26.3 Å². The lowest BCUT2D eigenvalue weighted by atomic mass is 10.1. The molecule has 17 heavy (non-hydrogen) atoms. The van der Waals surface area contributed by atoms with Crippen LogP contribution in [0.2, 0.25) is 0 Å². The molecule has 0 fully saturated rings. The third-order valence-corrected chi connectivity index (χ3v) is 1.86. The number of hydrogen-bond donors (Lipinski definition) is 0. The number of alkyl halides is 6. The Balaban J connectivity index is 3.43. The van der Waals surface area contributed by atoms with Crippen LogP contribution in [-0.2, 0) is 12.4 Å². The molecule has 92 valence electrons. The van der Waals surface area contributed by atoms with Crippen molar-refractivity contribution in [3.63, 3.8) is 0 Å². The van der Waals surface area contributed by atoms with Gasteiger partial charge in [-0.25, -0.2) is 0 Å². The Labute approximate surface area is 93.2 Å². The van der Waals surface area contributed by atoms with Crippen LogP contribution in [0.25, 0.3) is 0 Å². The van der Waals surface area contributed by atoms with Gasteiger partial charge in [0.25, 0.3) is 0 Å². The summed E-state index contributed by atoms with van der Waals surface area (Å²) >= 11 is 0. The molecule has 0 heterocycles. The number of rotatable bonds is 0. The van der Waals surface area contributed by atoms with Gasteiger partial charge in [0.2, 0.25) is 0 Å². The van der Waals surface area contributed by atoms with Crippen molar-refractivity contribution in [1.82, 2.24) is 0 Å². The number of benzene rings is 1. The van der Waals surface area contributed by atoms with Crippen LogP contribution in [-0.4, -0.2) is 0 Å². The lowest BCUT2D eigenvalue weighted by molar-refractivity contribution is -0.143. The van der Waals surface area contributed by atoms with Crippen molar-refractivity contribution in [3.8, 4) is 11.8 Å². The molecule has 0 atom stereocenters. The van der Waals surface area contributed by atoms with Crippen molar-refractivity contribution in [2.45, 2.75) is 19.3 Å². The van der Waals surface area contributed by atoms with Crippen LogP contribution >= 0.6 is 0 Å². The molecule has 0 radical (unpaired) electrons. The van der Waals surface area contributed by atoms with Gasteiger partial charge in [0, 0.05) is 5.56 Å². The largest absolute Gasteiger partial charge is 0.416 e. The molecule has 0 unspecified atom stereocenters. The second-order valence-electron chi connectivity index (χ2n) is 3.17. The zero-order chi connectivity index (χ0) is 13.3. The molecule has 1 aromatic carbocycles. The third kappa shape index (κ3) is 3.41. The first kappa shape index (κ1) is 13.4. The van der Waals surface area contributed by atoms with Gasteiger partial charge in [-0.05, 0) is 25.1 Å². The van der Waals surface area contributed by atoms with Crippen molar-refractivity contribution >= 4 is 0 Å². The molecule has 0 spiro atoms. The fourth-order valence-corrected chi connectivity index (χ4v) is 1.17. The second kappa shape index (κ2) is 4.32. The highest BCUT2D eigenvalue weighted by Gasteiger charge is 2.36. The van der Waals surface area contributed by atoms with Crippen LogP contribution in [0.5, 0.6) is 0 Å². The van der Waals surface area contributed by atoms with Crippen LogP contribution in [0, 0.1) is 11.8 Å². The normalized spacial score (nSPS) is 11.9. The van der Waals surface area contributed by atoms with Crippen molar-refractivity contribution in [1.29, 1.82) is 0 Å². The van der Waals surface area contributed by atoms with E-state index in [0.717, 1.165) is 0 Å². The monoisotopic (exact) mass is 252 g/mol. The quantitative estimate of drug-likeness (QED) is 0.481. The summed E-state index contributed by atoms with van der Waals surface area (Å²) in [4.78, 5) is 0. The average molecular weight is 252 g/mol. The summed E-state index contributed by atoms with van der Waals surface area (Å²) in [6.07, 6.45) is -9.66.